The highest BCUT2D eigenvalue weighted by atomic mass is 16.3. The van der Waals surface area contributed by atoms with Gasteiger partial charge in [-0.1, -0.05) is 13.8 Å². The van der Waals surface area contributed by atoms with Crippen molar-refractivity contribution in [3.05, 3.63) is 0 Å². The standard InChI is InChI=1S/C12H26N2O2/c1-10(15)5-9-14-11(16)4-6-12(2,3)7-8-13/h10,15H,4-9,13H2,1-3H3,(H,14,16). The maximum atomic E-state index is 11.5. The normalized spacial score (nSPS) is 13.6. The fourth-order valence-electron chi connectivity index (χ4n) is 1.48. The van der Waals surface area contributed by atoms with Crippen LogP contribution < -0.4 is 11.1 Å². The number of amides is 1. The third kappa shape index (κ3) is 8.68. The van der Waals surface area contributed by atoms with E-state index in [0.29, 0.717) is 25.9 Å². The molecule has 0 aliphatic carbocycles. The van der Waals surface area contributed by atoms with Crippen LogP contribution in [-0.2, 0) is 4.79 Å². The molecule has 4 heteroatoms. The first-order chi connectivity index (χ1) is 7.37. The molecule has 1 atom stereocenters. The topological polar surface area (TPSA) is 75.3 Å². The highest BCUT2D eigenvalue weighted by Gasteiger charge is 2.17. The van der Waals surface area contributed by atoms with Gasteiger partial charge in [-0.05, 0) is 38.1 Å². The van der Waals surface area contributed by atoms with Gasteiger partial charge in [0.1, 0.15) is 0 Å². The Kier molecular flexibility index (Phi) is 7.34. The maximum Gasteiger partial charge on any atom is 0.220 e. The maximum absolute atomic E-state index is 11.5. The average Bonchev–Trinajstić information content (AvgIpc) is 2.14. The summed E-state index contributed by atoms with van der Waals surface area (Å²) in [6.45, 7) is 7.19. The molecule has 0 spiro atoms. The van der Waals surface area contributed by atoms with E-state index in [1.54, 1.807) is 6.92 Å². The lowest BCUT2D eigenvalue weighted by Crippen LogP contribution is -2.28. The van der Waals surface area contributed by atoms with E-state index >= 15 is 0 Å². The van der Waals surface area contributed by atoms with Gasteiger partial charge in [-0.15, -0.1) is 0 Å². The van der Waals surface area contributed by atoms with Crippen LogP contribution in [0, 0.1) is 5.41 Å². The molecule has 0 aliphatic rings. The summed E-state index contributed by atoms with van der Waals surface area (Å²) in [6.07, 6.45) is 2.58. The largest absolute Gasteiger partial charge is 0.393 e. The summed E-state index contributed by atoms with van der Waals surface area (Å²) in [5.41, 5.74) is 5.64. The van der Waals surface area contributed by atoms with Crippen LogP contribution in [0.25, 0.3) is 0 Å². The summed E-state index contributed by atoms with van der Waals surface area (Å²) >= 11 is 0. The van der Waals surface area contributed by atoms with Gasteiger partial charge in [0.15, 0.2) is 0 Å². The molecule has 16 heavy (non-hydrogen) atoms. The van der Waals surface area contributed by atoms with E-state index in [0.717, 1.165) is 12.8 Å². The monoisotopic (exact) mass is 230 g/mol. The molecular formula is C12H26N2O2. The van der Waals surface area contributed by atoms with Crippen molar-refractivity contribution in [3.8, 4) is 0 Å². The van der Waals surface area contributed by atoms with Gasteiger partial charge in [0, 0.05) is 13.0 Å². The Morgan fingerprint density at radius 1 is 1.44 bits per heavy atom. The lowest BCUT2D eigenvalue weighted by Gasteiger charge is -2.23. The molecule has 0 bridgehead atoms. The third-order valence-corrected chi connectivity index (χ3v) is 2.73. The number of rotatable bonds is 8. The molecule has 0 aromatic heterocycles. The molecule has 96 valence electrons. The molecule has 0 rings (SSSR count). The van der Waals surface area contributed by atoms with Crippen molar-refractivity contribution in [1.82, 2.24) is 5.32 Å². The van der Waals surface area contributed by atoms with Crippen LogP contribution in [0.5, 0.6) is 0 Å². The van der Waals surface area contributed by atoms with Crippen LogP contribution in [0.15, 0.2) is 0 Å². The Morgan fingerprint density at radius 3 is 2.56 bits per heavy atom. The molecule has 0 fully saturated rings. The second-order valence-corrected chi connectivity index (χ2v) is 5.19. The molecule has 0 heterocycles. The van der Waals surface area contributed by atoms with Gasteiger partial charge < -0.3 is 16.2 Å². The van der Waals surface area contributed by atoms with Crippen molar-refractivity contribution < 1.29 is 9.90 Å². The molecule has 0 aliphatic heterocycles. The van der Waals surface area contributed by atoms with Gasteiger partial charge in [-0.3, -0.25) is 4.79 Å². The molecule has 0 saturated heterocycles. The predicted molar refractivity (Wildman–Crippen MR) is 66.0 cm³/mol. The van der Waals surface area contributed by atoms with Crippen LogP contribution in [0.2, 0.25) is 0 Å². The zero-order valence-corrected chi connectivity index (χ0v) is 10.8. The first-order valence-corrected chi connectivity index (χ1v) is 6.02. The first-order valence-electron chi connectivity index (χ1n) is 6.02. The van der Waals surface area contributed by atoms with Crippen molar-refractivity contribution in [2.24, 2.45) is 11.1 Å². The third-order valence-electron chi connectivity index (χ3n) is 2.73. The van der Waals surface area contributed by atoms with Crippen LogP contribution in [0.1, 0.15) is 46.5 Å². The fraction of sp³-hybridized carbons (Fsp3) is 0.917. The van der Waals surface area contributed by atoms with E-state index in [1.807, 2.05) is 0 Å². The number of nitrogens with one attached hydrogen (secondary N) is 1. The zero-order valence-electron chi connectivity index (χ0n) is 10.8. The van der Waals surface area contributed by atoms with Gasteiger partial charge in [0.2, 0.25) is 5.91 Å². The van der Waals surface area contributed by atoms with Crippen LogP contribution in [-0.4, -0.2) is 30.2 Å². The Balaban J connectivity index is 3.64. The molecule has 1 unspecified atom stereocenters. The molecule has 0 aromatic carbocycles. The summed E-state index contributed by atoms with van der Waals surface area (Å²) in [7, 11) is 0. The van der Waals surface area contributed by atoms with Gasteiger partial charge in [0.05, 0.1) is 6.10 Å². The first kappa shape index (κ1) is 15.4. The Hall–Kier alpha value is -0.610. The molecule has 0 radical (unpaired) electrons. The van der Waals surface area contributed by atoms with E-state index in [-0.39, 0.29) is 17.4 Å². The number of nitrogens with two attached hydrogens (primary N) is 1. The van der Waals surface area contributed by atoms with Gasteiger partial charge in [-0.25, -0.2) is 0 Å². The molecule has 1 amide bonds. The van der Waals surface area contributed by atoms with E-state index in [1.165, 1.54) is 0 Å². The quantitative estimate of drug-likeness (QED) is 0.583. The summed E-state index contributed by atoms with van der Waals surface area (Å²) in [5, 5.41) is 11.8. The zero-order chi connectivity index (χ0) is 12.6. The minimum atomic E-state index is -0.353. The second kappa shape index (κ2) is 7.63. The summed E-state index contributed by atoms with van der Waals surface area (Å²) in [6, 6.07) is 0. The van der Waals surface area contributed by atoms with Crippen molar-refractivity contribution in [2.75, 3.05) is 13.1 Å². The second-order valence-electron chi connectivity index (χ2n) is 5.19. The van der Waals surface area contributed by atoms with Gasteiger partial charge >= 0.3 is 0 Å². The minimum absolute atomic E-state index is 0.0609. The van der Waals surface area contributed by atoms with Crippen molar-refractivity contribution >= 4 is 5.91 Å². The van der Waals surface area contributed by atoms with E-state index in [2.05, 4.69) is 19.2 Å². The number of hydrogen-bond acceptors (Lipinski definition) is 3. The summed E-state index contributed by atoms with van der Waals surface area (Å²) < 4.78 is 0. The molecule has 0 saturated carbocycles. The predicted octanol–water partition coefficient (Wildman–Crippen LogP) is 1.03. The summed E-state index contributed by atoms with van der Waals surface area (Å²) in [4.78, 5) is 11.5. The Morgan fingerprint density at radius 2 is 2.06 bits per heavy atom. The van der Waals surface area contributed by atoms with Crippen molar-refractivity contribution in [2.45, 2.75) is 52.6 Å². The smallest absolute Gasteiger partial charge is 0.220 e. The van der Waals surface area contributed by atoms with Crippen LogP contribution >= 0.6 is 0 Å². The van der Waals surface area contributed by atoms with Gasteiger partial charge in [0.25, 0.3) is 0 Å². The minimum Gasteiger partial charge on any atom is -0.393 e. The van der Waals surface area contributed by atoms with Gasteiger partial charge in [-0.2, -0.15) is 0 Å². The fourth-order valence-corrected chi connectivity index (χ4v) is 1.48. The van der Waals surface area contributed by atoms with Crippen LogP contribution in [0.3, 0.4) is 0 Å². The molecule has 0 aromatic rings. The number of hydrogen-bond donors (Lipinski definition) is 3. The number of carbonyl (C=O) groups excluding carboxylic acids is 1. The van der Waals surface area contributed by atoms with E-state index in [9.17, 15) is 4.79 Å². The Labute approximate surface area is 98.6 Å². The SMILES string of the molecule is CC(O)CCNC(=O)CCC(C)(C)CCN. The highest BCUT2D eigenvalue weighted by Crippen LogP contribution is 2.25. The van der Waals surface area contributed by atoms with Crippen molar-refractivity contribution in [1.29, 1.82) is 0 Å². The lowest BCUT2D eigenvalue weighted by atomic mass is 9.84. The van der Waals surface area contributed by atoms with Crippen LogP contribution in [0.4, 0.5) is 0 Å². The number of aliphatic hydroxyl groups excluding tert-OH is 1. The lowest BCUT2D eigenvalue weighted by molar-refractivity contribution is -0.121. The Bertz CT molecular complexity index is 203. The average molecular weight is 230 g/mol. The van der Waals surface area contributed by atoms with E-state index in [4.69, 9.17) is 10.8 Å². The molecule has 4 N–H and O–H groups in total. The molecular weight excluding hydrogens is 204 g/mol. The summed E-state index contributed by atoms with van der Waals surface area (Å²) in [5.74, 6) is 0.0609. The number of carbonyl (C=O) groups is 1. The van der Waals surface area contributed by atoms with Crippen molar-refractivity contribution in [3.63, 3.8) is 0 Å². The highest BCUT2D eigenvalue weighted by molar-refractivity contribution is 5.75. The number of aliphatic hydroxyl groups is 1. The molecule has 4 nitrogen and oxygen atoms in total. The van der Waals surface area contributed by atoms with E-state index < -0.39 is 0 Å².